The summed E-state index contributed by atoms with van der Waals surface area (Å²) in [6.07, 6.45) is 4.18. The third-order valence-corrected chi connectivity index (χ3v) is 3.06. The van der Waals surface area contributed by atoms with Crippen LogP contribution in [0.4, 0.5) is 11.9 Å². The van der Waals surface area contributed by atoms with Crippen molar-refractivity contribution in [1.29, 1.82) is 0 Å². The van der Waals surface area contributed by atoms with Crippen LogP contribution in [-0.4, -0.2) is 36.3 Å². The minimum absolute atomic E-state index is 0.168. The molecule has 0 aliphatic heterocycles. The molecule has 2 aromatic rings. The quantitative estimate of drug-likeness (QED) is 0.787. The average Bonchev–Trinajstić information content (AvgIpc) is 2.83. The van der Waals surface area contributed by atoms with Crippen molar-refractivity contribution in [2.75, 3.05) is 17.6 Å². The summed E-state index contributed by atoms with van der Waals surface area (Å²) < 4.78 is 1.45. The summed E-state index contributed by atoms with van der Waals surface area (Å²) in [5.74, 6) is 2.50. The van der Waals surface area contributed by atoms with Crippen LogP contribution in [0.15, 0.2) is 12.7 Å². The Morgan fingerprint density at radius 3 is 2.94 bits per heavy atom. The van der Waals surface area contributed by atoms with E-state index in [2.05, 4.69) is 37.3 Å². The normalized spacial score (nSPS) is 21.8. The van der Waals surface area contributed by atoms with Gasteiger partial charge in [0.05, 0.1) is 0 Å². The molecule has 0 saturated heterocycles. The number of nitrogens with zero attached hydrogens (tertiary/aromatic N) is 6. The van der Waals surface area contributed by atoms with E-state index >= 15 is 0 Å². The Bertz CT molecular complexity index is 537. The molecule has 3 rings (SSSR count). The molecule has 18 heavy (non-hydrogen) atoms. The number of aromatic nitrogens is 6. The Labute approximate surface area is 104 Å². The average molecular weight is 246 g/mol. The van der Waals surface area contributed by atoms with E-state index in [9.17, 15) is 0 Å². The van der Waals surface area contributed by atoms with E-state index in [-0.39, 0.29) is 5.95 Å². The molecule has 1 fully saturated rings. The smallest absolute Gasteiger partial charge is 0.258 e. The highest BCUT2D eigenvalue weighted by atomic mass is 15.4. The number of nitrogens with two attached hydrogens (primary N) is 1. The molecule has 1 saturated carbocycles. The number of nitrogens with one attached hydrogen (secondary N) is 1. The topological polar surface area (TPSA) is 107 Å². The molecule has 0 radical (unpaired) electrons. The van der Waals surface area contributed by atoms with Crippen molar-refractivity contribution >= 4 is 11.9 Å². The summed E-state index contributed by atoms with van der Waals surface area (Å²) in [6, 6.07) is 0. The van der Waals surface area contributed by atoms with Gasteiger partial charge in [0.1, 0.15) is 12.7 Å². The lowest BCUT2D eigenvalue weighted by atomic mass is 10.3. The molecule has 2 aromatic heterocycles. The fourth-order valence-corrected chi connectivity index (χ4v) is 1.78. The van der Waals surface area contributed by atoms with Crippen LogP contribution in [-0.2, 0) is 0 Å². The molecule has 94 valence electrons. The first kappa shape index (κ1) is 10.9. The van der Waals surface area contributed by atoms with E-state index in [1.165, 1.54) is 23.8 Å². The summed E-state index contributed by atoms with van der Waals surface area (Å²) in [7, 11) is 0. The zero-order valence-electron chi connectivity index (χ0n) is 9.98. The van der Waals surface area contributed by atoms with Crippen LogP contribution in [0.3, 0.4) is 0 Å². The van der Waals surface area contributed by atoms with Gasteiger partial charge >= 0.3 is 0 Å². The van der Waals surface area contributed by atoms with E-state index < -0.39 is 0 Å². The number of hydrogen-bond donors (Lipinski definition) is 2. The van der Waals surface area contributed by atoms with E-state index in [0.717, 1.165) is 12.5 Å². The molecule has 0 spiro atoms. The number of anilines is 2. The Hall–Kier alpha value is -2.25. The van der Waals surface area contributed by atoms with Gasteiger partial charge in [-0.3, -0.25) is 0 Å². The first-order valence-corrected chi connectivity index (χ1v) is 5.83. The monoisotopic (exact) mass is 246 g/mol. The first-order chi connectivity index (χ1) is 8.72. The molecule has 0 bridgehead atoms. The standard InChI is InChI=1S/C10H14N8/c1-6-2-7(6)3-13-9-15-8(11)16-10(17-9)18-5-12-4-14-18/h4-7H,2-3H2,1H3,(H3,11,13,15,16,17). The van der Waals surface area contributed by atoms with Gasteiger partial charge in [-0.15, -0.1) is 0 Å². The van der Waals surface area contributed by atoms with Crippen LogP contribution in [0.25, 0.3) is 5.95 Å². The van der Waals surface area contributed by atoms with Crippen LogP contribution in [0, 0.1) is 11.8 Å². The van der Waals surface area contributed by atoms with Crippen molar-refractivity contribution in [2.24, 2.45) is 11.8 Å². The third-order valence-electron chi connectivity index (χ3n) is 3.06. The second kappa shape index (κ2) is 4.21. The van der Waals surface area contributed by atoms with Gasteiger partial charge in [-0.2, -0.15) is 24.7 Å². The van der Waals surface area contributed by atoms with Crippen molar-refractivity contribution in [3.05, 3.63) is 12.7 Å². The number of nitrogen functional groups attached to an aromatic ring is 1. The van der Waals surface area contributed by atoms with Gasteiger partial charge in [0.2, 0.25) is 11.9 Å². The minimum Gasteiger partial charge on any atom is -0.368 e. The number of hydrogen-bond acceptors (Lipinski definition) is 7. The molecule has 1 aliphatic rings. The van der Waals surface area contributed by atoms with Crippen molar-refractivity contribution in [1.82, 2.24) is 29.7 Å². The highest BCUT2D eigenvalue weighted by molar-refractivity contribution is 5.34. The van der Waals surface area contributed by atoms with Crippen LogP contribution in [0.1, 0.15) is 13.3 Å². The maximum atomic E-state index is 5.65. The van der Waals surface area contributed by atoms with Gasteiger partial charge in [0.25, 0.3) is 5.95 Å². The lowest BCUT2D eigenvalue weighted by Gasteiger charge is -2.06. The van der Waals surface area contributed by atoms with Crippen LogP contribution in [0.5, 0.6) is 0 Å². The molecule has 2 heterocycles. The first-order valence-electron chi connectivity index (χ1n) is 5.83. The Morgan fingerprint density at radius 2 is 2.28 bits per heavy atom. The van der Waals surface area contributed by atoms with E-state index in [0.29, 0.717) is 17.8 Å². The van der Waals surface area contributed by atoms with Gasteiger partial charge in [-0.1, -0.05) is 6.92 Å². The van der Waals surface area contributed by atoms with Crippen molar-refractivity contribution in [3.8, 4) is 5.95 Å². The molecule has 8 nitrogen and oxygen atoms in total. The van der Waals surface area contributed by atoms with Crippen molar-refractivity contribution < 1.29 is 0 Å². The zero-order valence-corrected chi connectivity index (χ0v) is 9.98. The second-order valence-electron chi connectivity index (χ2n) is 4.51. The Balaban J connectivity index is 1.77. The maximum absolute atomic E-state index is 5.65. The molecule has 0 aromatic carbocycles. The molecule has 2 unspecified atom stereocenters. The highest BCUT2D eigenvalue weighted by Gasteiger charge is 2.32. The largest absolute Gasteiger partial charge is 0.368 e. The predicted octanol–water partition coefficient (Wildman–Crippen LogP) is 0.102. The predicted molar refractivity (Wildman–Crippen MR) is 64.9 cm³/mol. The van der Waals surface area contributed by atoms with Crippen molar-refractivity contribution in [2.45, 2.75) is 13.3 Å². The summed E-state index contributed by atoms with van der Waals surface area (Å²) >= 11 is 0. The van der Waals surface area contributed by atoms with Crippen LogP contribution >= 0.6 is 0 Å². The second-order valence-corrected chi connectivity index (χ2v) is 4.51. The summed E-state index contributed by atoms with van der Waals surface area (Å²) in [4.78, 5) is 16.2. The lowest BCUT2D eigenvalue weighted by molar-refractivity contribution is 0.767. The third kappa shape index (κ3) is 2.22. The molecule has 8 heteroatoms. The van der Waals surface area contributed by atoms with Crippen molar-refractivity contribution in [3.63, 3.8) is 0 Å². The van der Waals surface area contributed by atoms with E-state index in [1.54, 1.807) is 0 Å². The van der Waals surface area contributed by atoms with Gasteiger partial charge in [-0.25, -0.2) is 4.98 Å². The maximum Gasteiger partial charge on any atom is 0.258 e. The minimum atomic E-state index is 0.168. The molecular weight excluding hydrogens is 232 g/mol. The van der Waals surface area contributed by atoms with Gasteiger partial charge < -0.3 is 11.1 Å². The molecule has 1 aliphatic carbocycles. The zero-order chi connectivity index (χ0) is 12.5. The van der Waals surface area contributed by atoms with E-state index in [1.807, 2.05) is 0 Å². The van der Waals surface area contributed by atoms with Gasteiger partial charge in [-0.05, 0) is 18.3 Å². The summed E-state index contributed by atoms with van der Waals surface area (Å²) in [6.45, 7) is 3.09. The number of rotatable bonds is 4. The molecule has 0 amide bonds. The highest BCUT2D eigenvalue weighted by Crippen LogP contribution is 2.37. The molecule has 3 N–H and O–H groups in total. The van der Waals surface area contributed by atoms with Crippen LogP contribution in [0.2, 0.25) is 0 Å². The SMILES string of the molecule is CC1CC1CNc1nc(N)nc(-n2cncn2)n1. The van der Waals surface area contributed by atoms with E-state index in [4.69, 9.17) is 5.73 Å². The fourth-order valence-electron chi connectivity index (χ4n) is 1.78. The molecule has 2 atom stereocenters. The fraction of sp³-hybridized carbons (Fsp3) is 0.500. The Morgan fingerprint density at radius 1 is 1.44 bits per heavy atom. The van der Waals surface area contributed by atoms with Gasteiger partial charge in [0, 0.05) is 6.54 Å². The summed E-state index contributed by atoms with van der Waals surface area (Å²) in [5, 5.41) is 7.13. The molecular formula is C10H14N8. The Kier molecular flexibility index (Phi) is 2.54. The summed E-state index contributed by atoms with van der Waals surface area (Å²) in [5.41, 5.74) is 5.65. The van der Waals surface area contributed by atoms with Gasteiger partial charge in [0.15, 0.2) is 0 Å². The van der Waals surface area contributed by atoms with Crippen LogP contribution < -0.4 is 11.1 Å². The lowest BCUT2D eigenvalue weighted by Crippen LogP contribution is -2.13.